The number of hydrogen-bond acceptors (Lipinski definition) is 5. The molecule has 2 rings (SSSR count). The molecule has 0 aromatic carbocycles. The number of aryl methyl sites for hydroxylation is 1. The standard InChI is InChI=1S/C14H25N3OS/c1-4-5-14-15-12(11-19-14)8-17-6-7-18-13(10-17)9-16(2)3/h11,13H,4-10H2,1-3H3/t13-/m0/s1. The summed E-state index contributed by atoms with van der Waals surface area (Å²) in [6, 6.07) is 0. The Kier molecular flexibility index (Phi) is 5.76. The number of morpholine rings is 1. The Morgan fingerprint density at radius 1 is 1.53 bits per heavy atom. The molecule has 108 valence electrons. The van der Waals surface area contributed by atoms with Crippen molar-refractivity contribution in [2.75, 3.05) is 40.3 Å². The highest BCUT2D eigenvalue weighted by Gasteiger charge is 2.21. The van der Waals surface area contributed by atoms with E-state index < -0.39 is 0 Å². The lowest BCUT2D eigenvalue weighted by Crippen LogP contribution is -2.46. The highest BCUT2D eigenvalue weighted by atomic mass is 32.1. The Balaban J connectivity index is 1.83. The zero-order valence-electron chi connectivity index (χ0n) is 12.3. The quantitative estimate of drug-likeness (QED) is 0.797. The van der Waals surface area contributed by atoms with E-state index in [1.807, 2.05) is 0 Å². The molecule has 1 fully saturated rings. The molecule has 1 aliphatic rings. The van der Waals surface area contributed by atoms with Crippen molar-refractivity contribution >= 4 is 11.3 Å². The van der Waals surface area contributed by atoms with E-state index in [9.17, 15) is 0 Å². The van der Waals surface area contributed by atoms with E-state index in [1.165, 1.54) is 17.1 Å². The fourth-order valence-electron chi connectivity index (χ4n) is 2.42. The number of thiazole rings is 1. The van der Waals surface area contributed by atoms with E-state index in [2.05, 4.69) is 36.2 Å². The van der Waals surface area contributed by atoms with Gasteiger partial charge in [-0.2, -0.15) is 0 Å². The predicted octanol–water partition coefficient (Wildman–Crippen LogP) is 1.86. The maximum atomic E-state index is 5.80. The summed E-state index contributed by atoms with van der Waals surface area (Å²) in [6.07, 6.45) is 2.62. The highest BCUT2D eigenvalue weighted by molar-refractivity contribution is 7.09. The van der Waals surface area contributed by atoms with Crippen LogP contribution in [0.15, 0.2) is 5.38 Å². The lowest BCUT2D eigenvalue weighted by Gasteiger charge is -2.33. The first kappa shape index (κ1) is 14.9. The minimum absolute atomic E-state index is 0.331. The van der Waals surface area contributed by atoms with E-state index in [-0.39, 0.29) is 0 Å². The number of ether oxygens (including phenoxy) is 1. The van der Waals surface area contributed by atoms with Gasteiger partial charge in [0.1, 0.15) is 0 Å². The van der Waals surface area contributed by atoms with Gasteiger partial charge in [-0.15, -0.1) is 11.3 Å². The summed E-state index contributed by atoms with van der Waals surface area (Å²) in [5.41, 5.74) is 1.22. The minimum Gasteiger partial charge on any atom is -0.374 e. The van der Waals surface area contributed by atoms with Gasteiger partial charge in [-0.05, 0) is 26.9 Å². The molecule has 0 saturated carbocycles. The van der Waals surface area contributed by atoms with Crippen LogP contribution in [-0.4, -0.2) is 61.2 Å². The molecule has 0 radical (unpaired) electrons. The normalized spacial score (nSPS) is 21.2. The van der Waals surface area contributed by atoms with Gasteiger partial charge in [-0.25, -0.2) is 4.98 Å². The third kappa shape index (κ3) is 4.84. The van der Waals surface area contributed by atoms with E-state index >= 15 is 0 Å². The van der Waals surface area contributed by atoms with Crippen LogP contribution in [0.25, 0.3) is 0 Å². The van der Waals surface area contributed by atoms with Crippen LogP contribution in [0.5, 0.6) is 0 Å². The van der Waals surface area contributed by atoms with Crippen LogP contribution < -0.4 is 0 Å². The number of aromatic nitrogens is 1. The summed E-state index contributed by atoms with van der Waals surface area (Å²) >= 11 is 1.80. The van der Waals surface area contributed by atoms with Crippen molar-refractivity contribution in [1.82, 2.24) is 14.8 Å². The molecular formula is C14H25N3OS. The molecule has 0 amide bonds. The Hall–Kier alpha value is -0.490. The molecule has 0 spiro atoms. The summed E-state index contributed by atoms with van der Waals surface area (Å²) < 4.78 is 5.80. The number of rotatable bonds is 6. The van der Waals surface area contributed by atoms with Crippen LogP contribution in [0.4, 0.5) is 0 Å². The Morgan fingerprint density at radius 3 is 3.11 bits per heavy atom. The zero-order chi connectivity index (χ0) is 13.7. The smallest absolute Gasteiger partial charge is 0.0928 e. The van der Waals surface area contributed by atoms with Gasteiger partial charge in [-0.3, -0.25) is 4.90 Å². The molecule has 1 aromatic heterocycles. The second-order valence-corrected chi connectivity index (χ2v) is 6.42. The van der Waals surface area contributed by atoms with E-state index in [0.717, 1.165) is 39.2 Å². The van der Waals surface area contributed by atoms with Gasteiger partial charge in [0.15, 0.2) is 0 Å². The molecule has 1 atom stereocenters. The first-order chi connectivity index (χ1) is 9.17. The molecule has 0 unspecified atom stereocenters. The summed E-state index contributed by atoms with van der Waals surface area (Å²) in [5.74, 6) is 0. The van der Waals surface area contributed by atoms with Crippen LogP contribution >= 0.6 is 11.3 Å². The second-order valence-electron chi connectivity index (χ2n) is 5.47. The fourth-order valence-corrected chi connectivity index (χ4v) is 3.31. The van der Waals surface area contributed by atoms with Crippen LogP contribution in [-0.2, 0) is 17.7 Å². The molecule has 1 saturated heterocycles. The Morgan fingerprint density at radius 2 is 2.37 bits per heavy atom. The largest absolute Gasteiger partial charge is 0.374 e. The summed E-state index contributed by atoms with van der Waals surface area (Å²) in [5, 5.41) is 3.48. The van der Waals surface area contributed by atoms with Crippen molar-refractivity contribution in [3.05, 3.63) is 16.1 Å². The van der Waals surface area contributed by atoms with E-state index in [1.54, 1.807) is 11.3 Å². The highest BCUT2D eigenvalue weighted by Crippen LogP contribution is 2.15. The second kappa shape index (κ2) is 7.33. The topological polar surface area (TPSA) is 28.6 Å². The summed E-state index contributed by atoms with van der Waals surface area (Å²) in [4.78, 5) is 9.36. The Bertz CT molecular complexity index is 381. The van der Waals surface area contributed by atoms with E-state index in [0.29, 0.717) is 6.10 Å². The molecule has 0 aliphatic carbocycles. The van der Waals surface area contributed by atoms with Crippen LogP contribution in [0.3, 0.4) is 0 Å². The number of likely N-dealkylation sites (N-methyl/N-ethyl adjacent to an activating group) is 1. The molecule has 5 heteroatoms. The molecule has 4 nitrogen and oxygen atoms in total. The van der Waals surface area contributed by atoms with Crippen molar-refractivity contribution < 1.29 is 4.74 Å². The van der Waals surface area contributed by atoms with Crippen LogP contribution in [0, 0.1) is 0 Å². The molecule has 1 aromatic rings. The van der Waals surface area contributed by atoms with Crippen molar-refractivity contribution in [1.29, 1.82) is 0 Å². The molecule has 0 N–H and O–H groups in total. The molecular weight excluding hydrogens is 258 g/mol. The average molecular weight is 283 g/mol. The van der Waals surface area contributed by atoms with Gasteiger partial charge in [0.05, 0.1) is 23.4 Å². The maximum Gasteiger partial charge on any atom is 0.0928 e. The van der Waals surface area contributed by atoms with Crippen molar-refractivity contribution in [3.63, 3.8) is 0 Å². The maximum absolute atomic E-state index is 5.80. The molecule has 19 heavy (non-hydrogen) atoms. The third-order valence-corrected chi connectivity index (χ3v) is 4.20. The molecule has 1 aliphatic heterocycles. The van der Waals surface area contributed by atoms with Gasteiger partial charge in [0.2, 0.25) is 0 Å². The van der Waals surface area contributed by atoms with Crippen molar-refractivity contribution in [2.24, 2.45) is 0 Å². The zero-order valence-corrected chi connectivity index (χ0v) is 13.1. The Labute approximate surface area is 120 Å². The fraction of sp³-hybridized carbons (Fsp3) is 0.786. The van der Waals surface area contributed by atoms with Crippen molar-refractivity contribution in [2.45, 2.75) is 32.4 Å². The van der Waals surface area contributed by atoms with Gasteiger partial charge in [0.25, 0.3) is 0 Å². The molecule has 0 bridgehead atoms. The number of hydrogen-bond donors (Lipinski definition) is 0. The first-order valence-electron chi connectivity index (χ1n) is 7.09. The van der Waals surface area contributed by atoms with Gasteiger partial charge in [0, 0.05) is 31.6 Å². The van der Waals surface area contributed by atoms with Crippen LogP contribution in [0.2, 0.25) is 0 Å². The number of nitrogens with zero attached hydrogens (tertiary/aromatic N) is 3. The van der Waals surface area contributed by atoms with Gasteiger partial charge < -0.3 is 9.64 Å². The lowest BCUT2D eigenvalue weighted by molar-refractivity contribution is -0.0409. The van der Waals surface area contributed by atoms with Crippen molar-refractivity contribution in [3.8, 4) is 0 Å². The van der Waals surface area contributed by atoms with E-state index in [4.69, 9.17) is 9.72 Å². The SMILES string of the molecule is CCCc1nc(CN2CCO[C@@H](CN(C)C)C2)cs1. The molecule has 2 heterocycles. The minimum atomic E-state index is 0.331. The predicted molar refractivity (Wildman–Crippen MR) is 79.7 cm³/mol. The third-order valence-electron chi connectivity index (χ3n) is 3.24. The summed E-state index contributed by atoms with van der Waals surface area (Å²) in [7, 11) is 4.19. The first-order valence-corrected chi connectivity index (χ1v) is 7.97. The lowest BCUT2D eigenvalue weighted by atomic mass is 10.2. The van der Waals surface area contributed by atoms with Gasteiger partial charge in [-0.1, -0.05) is 6.92 Å². The summed E-state index contributed by atoms with van der Waals surface area (Å²) in [6.45, 7) is 7.03. The van der Waals surface area contributed by atoms with Crippen LogP contribution in [0.1, 0.15) is 24.0 Å². The van der Waals surface area contributed by atoms with Gasteiger partial charge >= 0.3 is 0 Å². The monoisotopic (exact) mass is 283 g/mol. The average Bonchev–Trinajstić information content (AvgIpc) is 2.76.